The number of hydrogen-bond donors (Lipinski definition) is 1. The number of amides is 1. The maximum atomic E-state index is 12.2. The van der Waals surface area contributed by atoms with Gasteiger partial charge in [0.25, 0.3) is 0 Å². The van der Waals surface area contributed by atoms with Crippen LogP contribution in [0, 0.1) is 0 Å². The summed E-state index contributed by atoms with van der Waals surface area (Å²) in [4.78, 5) is 15.6. The molecule has 0 fully saturated rings. The highest BCUT2D eigenvalue weighted by Crippen LogP contribution is 2.21. The first-order chi connectivity index (χ1) is 12.7. The second-order valence-corrected chi connectivity index (χ2v) is 7.02. The minimum absolute atomic E-state index is 0.0449. The molecule has 0 heterocycles. The lowest BCUT2D eigenvalue weighted by molar-refractivity contribution is -0.118. The lowest BCUT2D eigenvalue weighted by Gasteiger charge is -2.20. The minimum Gasteiger partial charge on any atom is -0.497 e. The molecule has 1 N–H and O–H groups in total. The number of benzene rings is 2. The molecule has 0 radical (unpaired) electrons. The Balaban J connectivity index is 1.84. The van der Waals surface area contributed by atoms with Crippen molar-refractivity contribution in [1.82, 2.24) is 10.2 Å². The van der Waals surface area contributed by atoms with Crippen LogP contribution in [0.1, 0.15) is 25.0 Å². The number of rotatable bonds is 10. The first-order valence-corrected chi connectivity index (χ1v) is 9.97. The predicted molar refractivity (Wildman–Crippen MR) is 109 cm³/mol. The van der Waals surface area contributed by atoms with Gasteiger partial charge in [-0.05, 0) is 48.5 Å². The fourth-order valence-corrected chi connectivity index (χ4v) is 3.37. The molecular weight excluding hydrogens is 344 g/mol. The molecule has 140 valence electrons. The fraction of sp³-hybridized carbons (Fsp3) is 0.381. The number of carbonyl (C=O) groups is 1. The summed E-state index contributed by atoms with van der Waals surface area (Å²) in [7, 11) is 1.65. The Morgan fingerprint density at radius 1 is 1.04 bits per heavy atom. The van der Waals surface area contributed by atoms with E-state index >= 15 is 0 Å². The molecule has 2 aromatic rings. The maximum absolute atomic E-state index is 12.2. The van der Waals surface area contributed by atoms with Gasteiger partial charge < -0.3 is 10.1 Å². The monoisotopic (exact) mass is 372 g/mol. The molecule has 0 spiro atoms. The van der Waals surface area contributed by atoms with Gasteiger partial charge >= 0.3 is 0 Å². The molecule has 0 aliphatic carbocycles. The van der Waals surface area contributed by atoms with E-state index in [4.69, 9.17) is 4.74 Å². The molecule has 0 aliphatic heterocycles. The lowest BCUT2D eigenvalue weighted by Crippen LogP contribution is -2.27. The van der Waals surface area contributed by atoms with Crippen molar-refractivity contribution >= 4 is 17.7 Å². The largest absolute Gasteiger partial charge is 0.497 e. The van der Waals surface area contributed by atoms with E-state index in [0.717, 1.165) is 30.3 Å². The first-order valence-electron chi connectivity index (χ1n) is 8.99. The van der Waals surface area contributed by atoms with Crippen molar-refractivity contribution in [1.29, 1.82) is 0 Å². The summed E-state index contributed by atoms with van der Waals surface area (Å²) in [5.74, 6) is 1.27. The highest BCUT2D eigenvalue weighted by Gasteiger charge is 2.08. The summed E-state index contributed by atoms with van der Waals surface area (Å²) in [6.07, 6.45) is 0. The van der Waals surface area contributed by atoms with Crippen molar-refractivity contribution in [2.45, 2.75) is 31.8 Å². The van der Waals surface area contributed by atoms with Gasteiger partial charge in [0.05, 0.1) is 12.9 Å². The Morgan fingerprint density at radius 2 is 1.69 bits per heavy atom. The van der Waals surface area contributed by atoms with E-state index in [-0.39, 0.29) is 5.91 Å². The summed E-state index contributed by atoms with van der Waals surface area (Å²) < 4.78 is 5.15. The van der Waals surface area contributed by atoms with Crippen LogP contribution in [0.4, 0.5) is 0 Å². The highest BCUT2D eigenvalue weighted by molar-refractivity contribution is 8.00. The number of nitrogens with zero attached hydrogens (tertiary/aromatic N) is 1. The first kappa shape index (κ1) is 20.3. The lowest BCUT2D eigenvalue weighted by atomic mass is 10.1. The SMILES string of the molecule is CCN(CC)Cc1ccccc1CNC(=O)CSc1ccc(OC)cc1. The van der Waals surface area contributed by atoms with Gasteiger partial charge in [0.1, 0.15) is 5.75 Å². The highest BCUT2D eigenvalue weighted by atomic mass is 32.2. The number of carbonyl (C=O) groups excluding carboxylic acids is 1. The maximum Gasteiger partial charge on any atom is 0.230 e. The third kappa shape index (κ3) is 6.39. The van der Waals surface area contributed by atoms with Gasteiger partial charge in [-0.1, -0.05) is 38.1 Å². The molecule has 0 bridgehead atoms. The molecule has 5 heteroatoms. The number of hydrogen-bond acceptors (Lipinski definition) is 4. The van der Waals surface area contributed by atoms with Gasteiger partial charge in [0.2, 0.25) is 5.91 Å². The Morgan fingerprint density at radius 3 is 2.31 bits per heavy atom. The number of nitrogens with one attached hydrogen (secondary N) is 1. The van der Waals surface area contributed by atoms with Crippen LogP contribution in [-0.2, 0) is 17.9 Å². The number of thioether (sulfide) groups is 1. The molecule has 2 aromatic carbocycles. The average molecular weight is 373 g/mol. The van der Waals surface area contributed by atoms with E-state index in [1.165, 1.54) is 22.9 Å². The molecule has 0 atom stereocenters. The van der Waals surface area contributed by atoms with Crippen LogP contribution in [0.5, 0.6) is 5.75 Å². The average Bonchev–Trinajstić information content (AvgIpc) is 2.70. The molecule has 0 aromatic heterocycles. The van der Waals surface area contributed by atoms with Crippen molar-refractivity contribution < 1.29 is 9.53 Å². The zero-order valence-corrected chi connectivity index (χ0v) is 16.6. The van der Waals surface area contributed by atoms with E-state index in [2.05, 4.69) is 42.3 Å². The van der Waals surface area contributed by atoms with E-state index in [9.17, 15) is 4.79 Å². The Bertz CT molecular complexity index is 685. The fourth-order valence-electron chi connectivity index (χ4n) is 2.64. The predicted octanol–water partition coefficient (Wildman–Crippen LogP) is 3.95. The second-order valence-electron chi connectivity index (χ2n) is 5.97. The van der Waals surface area contributed by atoms with Crippen LogP contribution in [0.15, 0.2) is 53.4 Å². The molecule has 4 nitrogen and oxygen atoms in total. The number of methoxy groups -OCH3 is 1. The smallest absolute Gasteiger partial charge is 0.230 e. The van der Waals surface area contributed by atoms with Gasteiger partial charge in [0.15, 0.2) is 0 Å². The van der Waals surface area contributed by atoms with E-state index < -0.39 is 0 Å². The van der Waals surface area contributed by atoms with Crippen LogP contribution in [0.3, 0.4) is 0 Å². The van der Waals surface area contributed by atoms with Crippen LogP contribution in [0.25, 0.3) is 0 Å². The van der Waals surface area contributed by atoms with Crippen LogP contribution in [0.2, 0.25) is 0 Å². The van der Waals surface area contributed by atoms with Gasteiger partial charge in [-0.15, -0.1) is 11.8 Å². The third-order valence-corrected chi connectivity index (χ3v) is 5.32. The van der Waals surface area contributed by atoms with Crippen molar-refractivity contribution in [3.63, 3.8) is 0 Å². The van der Waals surface area contributed by atoms with Gasteiger partial charge in [-0.25, -0.2) is 0 Å². The Kier molecular flexibility index (Phi) is 8.51. The normalized spacial score (nSPS) is 10.8. The second kappa shape index (κ2) is 10.9. The van der Waals surface area contributed by atoms with Crippen molar-refractivity contribution in [3.8, 4) is 5.75 Å². The topological polar surface area (TPSA) is 41.6 Å². The van der Waals surface area contributed by atoms with Gasteiger partial charge in [0, 0.05) is 18.0 Å². The van der Waals surface area contributed by atoms with Crippen molar-refractivity contribution in [2.24, 2.45) is 0 Å². The molecular formula is C21H28N2O2S. The minimum atomic E-state index is 0.0449. The third-order valence-electron chi connectivity index (χ3n) is 4.31. The molecule has 0 saturated carbocycles. The quantitative estimate of drug-likeness (QED) is 0.641. The van der Waals surface area contributed by atoms with E-state index in [1.54, 1.807) is 7.11 Å². The van der Waals surface area contributed by atoms with Gasteiger partial charge in [-0.2, -0.15) is 0 Å². The summed E-state index contributed by atoms with van der Waals surface area (Å²) in [6.45, 7) is 7.87. The zero-order chi connectivity index (χ0) is 18.8. The van der Waals surface area contributed by atoms with Gasteiger partial charge in [-0.3, -0.25) is 9.69 Å². The molecule has 2 rings (SSSR count). The van der Waals surface area contributed by atoms with Crippen LogP contribution in [-0.4, -0.2) is 36.8 Å². The van der Waals surface area contributed by atoms with Crippen molar-refractivity contribution in [3.05, 3.63) is 59.7 Å². The summed E-state index contributed by atoms with van der Waals surface area (Å²) >= 11 is 1.53. The van der Waals surface area contributed by atoms with E-state index in [1.807, 2.05) is 30.3 Å². The molecule has 0 unspecified atom stereocenters. The number of ether oxygens (including phenoxy) is 1. The Labute approximate surface area is 160 Å². The molecule has 26 heavy (non-hydrogen) atoms. The van der Waals surface area contributed by atoms with Crippen LogP contribution < -0.4 is 10.1 Å². The molecule has 0 saturated heterocycles. The summed E-state index contributed by atoms with van der Waals surface area (Å²) in [5, 5.41) is 3.04. The summed E-state index contributed by atoms with van der Waals surface area (Å²) in [5.41, 5.74) is 2.46. The molecule has 0 aliphatic rings. The Hall–Kier alpha value is -1.98. The molecule has 1 amide bonds. The standard InChI is InChI=1S/C21H28N2O2S/c1-4-23(5-2)15-18-9-7-6-8-17(18)14-22-21(24)16-26-20-12-10-19(25-3)11-13-20/h6-13H,4-5,14-16H2,1-3H3,(H,22,24). The van der Waals surface area contributed by atoms with Crippen LogP contribution >= 0.6 is 11.8 Å². The summed E-state index contributed by atoms with van der Waals surface area (Å²) in [6, 6.07) is 16.1. The van der Waals surface area contributed by atoms with Crippen molar-refractivity contribution in [2.75, 3.05) is 26.0 Å². The van der Waals surface area contributed by atoms with E-state index in [0.29, 0.717) is 12.3 Å². The zero-order valence-electron chi connectivity index (χ0n) is 15.8.